The predicted molar refractivity (Wildman–Crippen MR) is 225 cm³/mol. The quantitative estimate of drug-likeness (QED) is 0.0432. The highest BCUT2D eigenvalue weighted by Gasteiger charge is 2.40. The van der Waals surface area contributed by atoms with E-state index in [4.69, 9.17) is 25.4 Å². The maximum absolute atomic E-state index is 13.2. The zero-order chi connectivity index (χ0) is 40.8. The summed E-state index contributed by atoms with van der Waals surface area (Å²) in [5, 5.41) is 13.1. The zero-order valence-corrected chi connectivity index (χ0v) is 34.9. The van der Waals surface area contributed by atoms with Gasteiger partial charge < -0.3 is 39.5 Å². The normalized spacial score (nSPS) is 17.3. The smallest absolute Gasteiger partial charge is 0.362 e. The molecule has 0 spiro atoms. The Morgan fingerprint density at radius 3 is 2.52 bits per heavy atom. The van der Waals surface area contributed by atoms with Gasteiger partial charge in [-0.3, -0.25) is 24.3 Å². The Morgan fingerprint density at radius 2 is 1.76 bits per heavy atom. The van der Waals surface area contributed by atoms with Gasteiger partial charge in [-0.25, -0.2) is 4.98 Å². The SMILES string of the molecule is COc1cc(N2CCC(NCCCSc3cccc4c3CN(C3CCC(=O)NC3=O)C4=O)CC2)ccc1Nc1ncc(Cl)c(Nc2ccccc2P(=O)(OC)OC)n1. The van der Waals surface area contributed by atoms with E-state index in [2.05, 4.69) is 36.1 Å². The van der Waals surface area contributed by atoms with Gasteiger partial charge in [-0.15, -0.1) is 11.8 Å². The van der Waals surface area contributed by atoms with Crippen LogP contribution in [-0.2, 0) is 29.7 Å². The van der Waals surface area contributed by atoms with Crippen LogP contribution in [0.2, 0.25) is 5.02 Å². The van der Waals surface area contributed by atoms with Gasteiger partial charge in [0.25, 0.3) is 5.91 Å². The minimum absolute atomic E-state index is 0.147. The Balaban J connectivity index is 0.885. The van der Waals surface area contributed by atoms with Crippen LogP contribution >= 0.6 is 31.0 Å². The van der Waals surface area contributed by atoms with Gasteiger partial charge in [0, 0.05) is 68.5 Å². The molecule has 4 heterocycles. The van der Waals surface area contributed by atoms with E-state index in [-0.39, 0.29) is 29.2 Å². The van der Waals surface area contributed by atoms with Crippen LogP contribution in [0.25, 0.3) is 0 Å². The number of piperidine rings is 2. The lowest BCUT2D eigenvalue weighted by atomic mass is 10.0. The number of halogens is 1. The van der Waals surface area contributed by atoms with E-state index in [0.29, 0.717) is 52.8 Å². The maximum atomic E-state index is 13.2. The number of carbonyl (C=O) groups excluding carboxylic acids is 3. The number of nitrogens with zero attached hydrogens (tertiary/aromatic N) is 4. The van der Waals surface area contributed by atoms with Crippen LogP contribution in [-0.4, -0.2) is 91.4 Å². The van der Waals surface area contributed by atoms with Crippen LogP contribution in [0, 0.1) is 0 Å². The van der Waals surface area contributed by atoms with Gasteiger partial charge in [-0.2, -0.15) is 4.98 Å². The number of aromatic nitrogens is 2. The van der Waals surface area contributed by atoms with Gasteiger partial charge in [-0.05, 0) is 79.9 Å². The Kier molecular flexibility index (Phi) is 13.2. The average molecular weight is 849 g/mol. The largest absolute Gasteiger partial charge is 0.494 e. The summed E-state index contributed by atoms with van der Waals surface area (Å²) >= 11 is 8.20. The Hall–Kier alpha value is -4.70. The molecule has 2 fully saturated rings. The number of carbonyl (C=O) groups is 3. The van der Waals surface area contributed by atoms with Crippen molar-refractivity contribution in [1.29, 1.82) is 0 Å². The molecule has 3 aliphatic heterocycles. The molecule has 58 heavy (non-hydrogen) atoms. The van der Waals surface area contributed by atoms with Gasteiger partial charge in [0.1, 0.15) is 16.8 Å². The van der Waals surface area contributed by atoms with E-state index in [0.717, 1.165) is 60.8 Å². The van der Waals surface area contributed by atoms with Crippen molar-refractivity contribution in [2.45, 2.75) is 55.6 Å². The Labute approximate surface area is 346 Å². The molecule has 1 unspecified atom stereocenters. The summed E-state index contributed by atoms with van der Waals surface area (Å²) < 4.78 is 29.4. The highest BCUT2D eigenvalue weighted by molar-refractivity contribution is 7.99. The van der Waals surface area contributed by atoms with Gasteiger partial charge >= 0.3 is 7.60 Å². The summed E-state index contributed by atoms with van der Waals surface area (Å²) in [7, 11) is 0.717. The number of ether oxygens (including phenoxy) is 1. The third kappa shape index (κ3) is 9.12. The number of nitrogens with one attached hydrogen (secondary N) is 4. The first-order chi connectivity index (χ1) is 28.1. The van der Waals surface area contributed by atoms with Crippen LogP contribution in [0.4, 0.5) is 28.8 Å². The van der Waals surface area contributed by atoms with Crippen LogP contribution in [0.15, 0.2) is 71.8 Å². The molecule has 1 aromatic heterocycles. The summed E-state index contributed by atoms with van der Waals surface area (Å²) in [6, 6.07) is 18.5. The average Bonchev–Trinajstić information content (AvgIpc) is 3.58. The number of anilines is 5. The first-order valence-electron chi connectivity index (χ1n) is 19.0. The summed E-state index contributed by atoms with van der Waals surface area (Å²) in [6.45, 7) is 3.06. The molecule has 3 amide bonds. The molecule has 15 nitrogen and oxygen atoms in total. The zero-order valence-electron chi connectivity index (χ0n) is 32.5. The number of hydrogen-bond donors (Lipinski definition) is 4. The first-order valence-corrected chi connectivity index (χ1v) is 21.9. The van der Waals surface area contributed by atoms with Crippen LogP contribution < -0.4 is 36.2 Å². The number of methoxy groups -OCH3 is 1. The number of benzene rings is 3. The Morgan fingerprint density at radius 1 is 0.966 bits per heavy atom. The molecular weight excluding hydrogens is 803 g/mol. The number of imide groups is 1. The van der Waals surface area contributed by atoms with Crippen LogP contribution in [0.5, 0.6) is 5.75 Å². The molecule has 4 N–H and O–H groups in total. The van der Waals surface area contributed by atoms with Gasteiger partial charge in [-0.1, -0.05) is 29.8 Å². The molecule has 0 aliphatic carbocycles. The van der Waals surface area contributed by atoms with E-state index in [1.54, 1.807) is 48.0 Å². The first kappa shape index (κ1) is 41.5. The lowest BCUT2D eigenvalue weighted by Gasteiger charge is -2.34. The molecule has 7 rings (SSSR count). The molecule has 4 aromatic rings. The summed E-state index contributed by atoms with van der Waals surface area (Å²) in [6.07, 6.45) is 5.04. The second-order valence-electron chi connectivity index (χ2n) is 14.0. The fraction of sp³-hybridized carbons (Fsp3) is 0.375. The van der Waals surface area contributed by atoms with Crippen molar-refractivity contribution in [1.82, 2.24) is 25.5 Å². The monoisotopic (exact) mass is 848 g/mol. The molecule has 306 valence electrons. The van der Waals surface area contributed by atoms with E-state index in [1.807, 2.05) is 36.4 Å². The lowest BCUT2D eigenvalue weighted by molar-refractivity contribution is -0.136. The molecule has 1 atom stereocenters. The van der Waals surface area contributed by atoms with Gasteiger partial charge in [0.15, 0.2) is 5.82 Å². The molecule has 0 bridgehead atoms. The van der Waals surface area contributed by atoms with Crippen molar-refractivity contribution in [3.8, 4) is 5.75 Å². The third-order valence-corrected chi connectivity index (χ3v) is 13.9. The van der Waals surface area contributed by atoms with Crippen molar-refractivity contribution in [2.24, 2.45) is 0 Å². The molecule has 18 heteroatoms. The third-order valence-electron chi connectivity index (χ3n) is 10.5. The number of hydrogen-bond acceptors (Lipinski definition) is 14. The van der Waals surface area contributed by atoms with Crippen molar-refractivity contribution < 1.29 is 32.7 Å². The minimum atomic E-state index is -3.56. The summed E-state index contributed by atoms with van der Waals surface area (Å²) in [5.74, 6) is 1.28. The molecule has 3 aromatic carbocycles. The second kappa shape index (κ2) is 18.5. The highest BCUT2D eigenvalue weighted by Crippen LogP contribution is 2.47. The van der Waals surface area contributed by atoms with Gasteiger partial charge in [0.2, 0.25) is 17.8 Å². The lowest BCUT2D eigenvalue weighted by Crippen LogP contribution is -2.52. The van der Waals surface area contributed by atoms with Crippen molar-refractivity contribution in [2.75, 3.05) is 62.3 Å². The maximum Gasteiger partial charge on any atom is 0.362 e. The second-order valence-corrected chi connectivity index (χ2v) is 17.8. The van der Waals surface area contributed by atoms with E-state index < -0.39 is 19.5 Å². The number of para-hydroxylation sites is 1. The number of thioether (sulfide) groups is 1. The fourth-order valence-corrected chi connectivity index (χ4v) is 9.83. The highest BCUT2D eigenvalue weighted by atomic mass is 35.5. The van der Waals surface area contributed by atoms with Crippen molar-refractivity contribution >= 4 is 82.8 Å². The van der Waals surface area contributed by atoms with E-state index in [1.165, 1.54) is 20.4 Å². The number of rotatable bonds is 16. The van der Waals surface area contributed by atoms with Crippen LogP contribution in [0.1, 0.15) is 48.0 Å². The Bertz CT molecular complexity index is 2220. The summed E-state index contributed by atoms with van der Waals surface area (Å²) in [4.78, 5) is 51.2. The number of amides is 3. The van der Waals surface area contributed by atoms with Gasteiger partial charge in [0.05, 0.1) is 30.0 Å². The fourth-order valence-electron chi connectivity index (χ4n) is 7.43. The molecule has 0 radical (unpaired) electrons. The molecule has 2 saturated heterocycles. The van der Waals surface area contributed by atoms with Crippen molar-refractivity contribution in [3.63, 3.8) is 0 Å². The molecule has 0 saturated carbocycles. The van der Waals surface area contributed by atoms with E-state index >= 15 is 0 Å². The van der Waals surface area contributed by atoms with Crippen LogP contribution in [0.3, 0.4) is 0 Å². The summed E-state index contributed by atoms with van der Waals surface area (Å²) in [5.41, 5.74) is 3.81. The molecule has 3 aliphatic rings. The van der Waals surface area contributed by atoms with Crippen molar-refractivity contribution in [3.05, 3.63) is 83.0 Å². The molecular formula is C40H46ClN8O7PS. The standard InChI is InChI=1S/C40H46ClN8O7PS/c1-54-33-22-26(12-13-30(33)45-40-43-23-29(41)37(47-40)44-31-9-4-5-10-34(31)57(53,55-2)56-3)48-19-16-25(17-20-48)42-18-7-21-58-35-11-6-8-27-28(35)24-49(39(27)52)32-14-15-36(50)46-38(32)51/h4-6,8-13,22-23,25,32,42H,7,14-21,24H2,1-3H3,(H,46,50,51)(H2,43,44,45,47). The predicted octanol–water partition coefficient (Wildman–Crippen LogP) is 6.24. The number of fused-ring (bicyclic) bond motifs is 1. The topological polar surface area (TPSA) is 176 Å². The minimum Gasteiger partial charge on any atom is -0.494 e. The van der Waals surface area contributed by atoms with E-state index in [9.17, 15) is 18.9 Å².